The van der Waals surface area contributed by atoms with Gasteiger partial charge in [-0.3, -0.25) is 4.79 Å². The highest BCUT2D eigenvalue weighted by molar-refractivity contribution is 5.84. The van der Waals surface area contributed by atoms with Crippen LogP contribution >= 0.6 is 0 Å². The summed E-state index contributed by atoms with van der Waals surface area (Å²) in [6, 6.07) is 12.1. The zero-order chi connectivity index (χ0) is 15.2. The van der Waals surface area contributed by atoms with E-state index in [2.05, 4.69) is 6.07 Å². The molecule has 2 aromatic carbocycles. The summed E-state index contributed by atoms with van der Waals surface area (Å²) in [5.41, 5.74) is 7.27. The second kappa shape index (κ2) is 7.09. The molecule has 0 aliphatic carbocycles. The number of carbonyl (C=O) groups is 1. The maximum absolute atomic E-state index is 10.5. The molecule has 1 atom stereocenters. The minimum atomic E-state index is -0.747. The maximum atomic E-state index is 10.5. The minimum Gasteiger partial charge on any atom is -0.497 e. The predicted octanol–water partition coefficient (Wildman–Crippen LogP) is 3.49. The number of hydrogen-bond acceptors (Lipinski definition) is 3. The molecule has 0 fully saturated rings. The highest BCUT2D eigenvalue weighted by Crippen LogP contribution is 2.25. The van der Waals surface area contributed by atoms with Gasteiger partial charge >= 0.3 is 5.97 Å². The Morgan fingerprint density at radius 1 is 1.19 bits per heavy atom. The molecule has 0 amide bonds. The highest BCUT2D eigenvalue weighted by Gasteiger charge is 2.08. The molecule has 21 heavy (non-hydrogen) atoms. The maximum Gasteiger partial charge on any atom is 0.303 e. The quantitative estimate of drug-likeness (QED) is 0.764. The van der Waals surface area contributed by atoms with Crippen LogP contribution in [0.1, 0.15) is 37.3 Å². The summed E-state index contributed by atoms with van der Waals surface area (Å²) in [5, 5.41) is 10.9. The molecule has 0 aromatic heterocycles. The number of nitrogens with two attached hydrogens (primary N) is 1. The fraction of sp³-hybridized carbons (Fsp3) is 0.353. The summed E-state index contributed by atoms with van der Waals surface area (Å²) in [4.78, 5) is 10.5. The van der Waals surface area contributed by atoms with Crippen LogP contribution in [0.4, 0.5) is 0 Å². The second-order valence-electron chi connectivity index (χ2n) is 5.22. The van der Waals surface area contributed by atoms with E-state index in [0.29, 0.717) is 6.42 Å². The Labute approximate surface area is 124 Å². The molecule has 0 spiro atoms. The number of rotatable bonds is 7. The highest BCUT2D eigenvalue weighted by atomic mass is 16.5. The van der Waals surface area contributed by atoms with Crippen molar-refractivity contribution >= 4 is 16.7 Å². The largest absolute Gasteiger partial charge is 0.497 e. The number of carboxylic acids is 1. The first-order chi connectivity index (χ1) is 10.1. The third-order valence-corrected chi connectivity index (χ3v) is 3.66. The Morgan fingerprint density at radius 3 is 2.62 bits per heavy atom. The summed E-state index contributed by atoms with van der Waals surface area (Å²) in [7, 11) is 1.66. The topological polar surface area (TPSA) is 72.5 Å². The molecular formula is C17H21NO3. The Hall–Kier alpha value is -2.07. The lowest BCUT2D eigenvalue weighted by atomic mass is 9.98. The smallest absolute Gasteiger partial charge is 0.303 e. The summed E-state index contributed by atoms with van der Waals surface area (Å²) in [5.74, 6) is 0.0939. The molecule has 2 aromatic rings. The SMILES string of the molecule is COc1ccc2cc(C(N)CCCCC(=O)O)ccc2c1. The summed E-state index contributed by atoms with van der Waals surface area (Å²) in [6.07, 6.45) is 2.51. The molecule has 0 heterocycles. The lowest BCUT2D eigenvalue weighted by Gasteiger charge is -2.13. The Kier molecular flexibility index (Phi) is 5.17. The lowest BCUT2D eigenvalue weighted by Crippen LogP contribution is -2.10. The van der Waals surface area contributed by atoms with E-state index in [-0.39, 0.29) is 12.5 Å². The van der Waals surface area contributed by atoms with E-state index in [1.54, 1.807) is 7.11 Å². The number of benzene rings is 2. The van der Waals surface area contributed by atoms with Crippen molar-refractivity contribution in [2.45, 2.75) is 31.7 Å². The van der Waals surface area contributed by atoms with E-state index in [1.165, 1.54) is 0 Å². The lowest BCUT2D eigenvalue weighted by molar-refractivity contribution is -0.137. The monoisotopic (exact) mass is 287 g/mol. The average Bonchev–Trinajstić information content (AvgIpc) is 2.50. The van der Waals surface area contributed by atoms with Gasteiger partial charge in [0.15, 0.2) is 0 Å². The fourth-order valence-corrected chi connectivity index (χ4v) is 2.41. The second-order valence-corrected chi connectivity index (χ2v) is 5.22. The minimum absolute atomic E-state index is 0.0507. The van der Waals surface area contributed by atoms with Crippen LogP contribution in [-0.4, -0.2) is 18.2 Å². The van der Waals surface area contributed by atoms with Gasteiger partial charge in [0.2, 0.25) is 0 Å². The van der Waals surface area contributed by atoms with Crippen LogP contribution in [0.2, 0.25) is 0 Å². The zero-order valence-electron chi connectivity index (χ0n) is 12.2. The average molecular weight is 287 g/mol. The van der Waals surface area contributed by atoms with Gasteiger partial charge in [-0.05, 0) is 47.4 Å². The molecule has 112 valence electrons. The van der Waals surface area contributed by atoms with E-state index < -0.39 is 5.97 Å². The standard InChI is InChI=1S/C17H21NO3/c1-21-15-9-8-12-10-14(7-6-13(12)11-15)16(18)4-2-3-5-17(19)20/h6-11,16H,2-5,18H2,1H3,(H,19,20). The molecule has 4 nitrogen and oxygen atoms in total. The van der Waals surface area contributed by atoms with E-state index in [1.807, 2.05) is 30.3 Å². The summed E-state index contributed by atoms with van der Waals surface area (Å²) >= 11 is 0. The van der Waals surface area contributed by atoms with Gasteiger partial charge in [0.1, 0.15) is 5.75 Å². The Balaban J connectivity index is 2.02. The van der Waals surface area contributed by atoms with E-state index in [0.717, 1.165) is 34.9 Å². The number of fused-ring (bicyclic) bond motifs is 1. The van der Waals surface area contributed by atoms with Crippen LogP contribution in [0.15, 0.2) is 36.4 Å². The van der Waals surface area contributed by atoms with Gasteiger partial charge < -0.3 is 15.6 Å². The van der Waals surface area contributed by atoms with Crippen molar-refractivity contribution < 1.29 is 14.6 Å². The molecule has 0 aliphatic rings. The molecule has 0 aliphatic heterocycles. The van der Waals surface area contributed by atoms with Gasteiger partial charge in [0, 0.05) is 12.5 Å². The summed E-state index contributed by atoms with van der Waals surface area (Å²) in [6.45, 7) is 0. The van der Waals surface area contributed by atoms with Crippen LogP contribution in [0, 0.1) is 0 Å². The van der Waals surface area contributed by atoms with Crippen molar-refractivity contribution in [3.05, 3.63) is 42.0 Å². The predicted molar refractivity (Wildman–Crippen MR) is 83.5 cm³/mol. The molecule has 3 N–H and O–H groups in total. The number of methoxy groups -OCH3 is 1. The van der Waals surface area contributed by atoms with Gasteiger partial charge in [-0.1, -0.05) is 24.6 Å². The first kappa shape index (κ1) is 15.3. The van der Waals surface area contributed by atoms with Crippen LogP contribution in [-0.2, 0) is 4.79 Å². The fourth-order valence-electron chi connectivity index (χ4n) is 2.41. The third-order valence-electron chi connectivity index (χ3n) is 3.66. The van der Waals surface area contributed by atoms with Gasteiger partial charge in [0.25, 0.3) is 0 Å². The van der Waals surface area contributed by atoms with Gasteiger partial charge in [-0.2, -0.15) is 0 Å². The molecule has 0 radical (unpaired) electrons. The van der Waals surface area contributed by atoms with Crippen LogP contribution in [0.25, 0.3) is 10.8 Å². The van der Waals surface area contributed by atoms with Crippen LogP contribution in [0.5, 0.6) is 5.75 Å². The van der Waals surface area contributed by atoms with Crippen molar-refractivity contribution in [2.75, 3.05) is 7.11 Å². The normalized spacial score (nSPS) is 12.3. The molecule has 0 saturated heterocycles. The van der Waals surface area contributed by atoms with Crippen molar-refractivity contribution in [1.29, 1.82) is 0 Å². The van der Waals surface area contributed by atoms with Gasteiger partial charge in [-0.15, -0.1) is 0 Å². The molecule has 0 bridgehead atoms. The van der Waals surface area contributed by atoms with E-state index >= 15 is 0 Å². The third kappa shape index (κ3) is 4.20. The van der Waals surface area contributed by atoms with Gasteiger partial charge in [-0.25, -0.2) is 0 Å². The van der Waals surface area contributed by atoms with E-state index in [9.17, 15) is 4.79 Å². The first-order valence-electron chi connectivity index (χ1n) is 7.15. The van der Waals surface area contributed by atoms with Crippen molar-refractivity contribution in [2.24, 2.45) is 5.73 Å². The molecule has 0 saturated carbocycles. The Morgan fingerprint density at radius 2 is 1.90 bits per heavy atom. The molecule has 4 heteroatoms. The number of carboxylic acid groups (broad SMARTS) is 1. The molecular weight excluding hydrogens is 266 g/mol. The molecule has 1 unspecified atom stereocenters. The van der Waals surface area contributed by atoms with Crippen molar-refractivity contribution in [3.8, 4) is 5.75 Å². The van der Waals surface area contributed by atoms with Crippen molar-refractivity contribution in [1.82, 2.24) is 0 Å². The van der Waals surface area contributed by atoms with Gasteiger partial charge in [0.05, 0.1) is 7.11 Å². The van der Waals surface area contributed by atoms with Crippen molar-refractivity contribution in [3.63, 3.8) is 0 Å². The number of unbranched alkanes of at least 4 members (excludes halogenated alkanes) is 1. The number of aliphatic carboxylic acids is 1. The number of hydrogen-bond donors (Lipinski definition) is 2. The Bertz CT molecular complexity index is 624. The summed E-state index contributed by atoms with van der Waals surface area (Å²) < 4.78 is 5.21. The van der Waals surface area contributed by atoms with Crippen LogP contribution in [0.3, 0.4) is 0 Å². The van der Waals surface area contributed by atoms with Crippen LogP contribution < -0.4 is 10.5 Å². The zero-order valence-corrected chi connectivity index (χ0v) is 12.2. The molecule has 2 rings (SSSR count). The van der Waals surface area contributed by atoms with E-state index in [4.69, 9.17) is 15.6 Å². The number of ether oxygens (including phenoxy) is 1. The first-order valence-corrected chi connectivity index (χ1v) is 7.15.